The van der Waals surface area contributed by atoms with Gasteiger partial charge in [0.25, 0.3) is 5.91 Å². The molecule has 0 bridgehead atoms. The Kier molecular flexibility index (Phi) is 7.17. The van der Waals surface area contributed by atoms with Gasteiger partial charge in [-0.3, -0.25) is 9.78 Å². The molecular weight excluding hydrogens is 492 g/mol. The Morgan fingerprint density at radius 3 is 2.37 bits per heavy atom. The molecule has 3 aromatic carbocycles. The number of carbonyl (C=O) groups excluding carboxylic acids is 1. The maximum Gasteiger partial charge on any atom is 0.254 e. The van der Waals surface area contributed by atoms with E-state index in [9.17, 15) is 13.2 Å². The van der Waals surface area contributed by atoms with Crippen LogP contribution in [0.4, 0.5) is 0 Å². The highest BCUT2D eigenvalue weighted by Crippen LogP contribution is 2.33. The van der Waals surface area contributed by atoms with Crippen LogP contribution in [0, 0.1) is 0 Å². The van der Waals surface area contributed by atoms with Crippen molar-refractivity contribution < 1.29 is 13.2 Å². The summed E-state index contributed by atoms with van der Waals surface area (Å²) in [5, 5.41) is 1.10. The van der Waals surface area contributed by atoms with Crippen molar-refractivity contribution in [1.29, 1.82) is 0 Å². The average molecular weight is 525 g/mol. The molecule has 5 nitrogen and oxygen atoms in total. The SMILES string of the molecule is CC(C)c1cc(-c2cccc(/C=C(/C(=O)N3CCCC3)c3ccc(S(C)(=O)=O)cc3)c2)c2ncccc2c1. The fourth-order valence-corrected chi connectivity index (χ4v) is 5.60. The summed E-state index contributed by atoms with van der Waals surface area (Å²) in [5.41, 5.74) is 6.45. The number of pyridine rings is 1. The third-order valence-electron chi connectivity index (χ3n) is 7.12. The summed E-state index contributed by atoms with van der Waals surface area (Å²) in [7, 11) is -3.32. The number of sulfone groups is 1. The quantitative estimate of drug-likeness (QED) is 0.211. The summed E-state index contributed by atoms with van der Waals surface area (Å²) in [6, 6.07) is 23.2. The number of amides is 1. The van der Waals surface area contributed by atoms with E-state index in [0.717, 1.165) is 53.5 Å². The minimum absolute atomic E-state index is 0.0334. The standard InChI is InChI=1S/C32H32N2O3S/c1-22(2)27-20-26-10-7-15-33-31(26)29(21-27)25-9-6-8-23(18-25)19-30(32(35)34-16-4-5-17-34)24-11-13-28(14-12-24)38(3,36)37/h6-15,18-22H,4-5,16-17H2,1-3H3/b30-19+. The van der Waals surface area contributed by atoms with Gasteiger partial charge in [-0.05, 0) is 83.5 Å². The number of hydrogen-bond donors (Lipinski definition) is 0. The number of fused-ring (bicyclic) bond motifs is 1. The molecule has 1 aromatic heterocycles. The largest absolute Gasteiger partial charge is 0.339 e. The van der Waals surface area contributed by atoms with Crippen molar-refractivity contribution in [2.75, 3.05) is 19.3 Å². The second-order valence-electron chi connectivity index (χ2n) is 10.3. The summed E-state index contributed by atoms with van der Waals surface area (Å²) in [6.07, 6.45) is 6.91. The normalized spacial score (nSPS) is 14.4. The number of aromatic nitrogens is 1. The molecule has 2 heterocycles. The molecule has 1 fully saturated rings. The molecule has 1 aliphatic rings. The van der Waals surface area contributed by atoms with Crippen molar-refractivity contribution >= 4 is 38.3 Å². The highest BCUT2D eigenvalue weighted by molar-refractivity contribution is 7.90. The lowest BCUT2D eigenvalue weighted by Gasteiger charge is -2.18. The number of rotatable bonds is 6. The van der Waals surface area contributed by atoms with E-state index in [-0.39, 0.29) is 10.8 Å². The lowest BCUT2D eigenvalue weighted by molar-refractivity contribution is -0.123. The molecule has 1 aliphatic heterocycles. The van der Waals surface area contributed by atoms with Crippen LogP contribution in [0.2, 0.25) is 0 Å². The molecule has 1 amide bonds. The van der Waals surface area contributed by atoms with Crippen LogP contribution < -0.4 is 0 Å². The van der Waals surface area contributed by atoms with Crippen molar-refractivity contribution in [1.82, 2.24) is 9.88 Å². The minimum atomic E-state index is -3.32. The molecule has 5 rings (SSSR count). The van der Waals surface area contributed by atoms with E-state index < -0.39 is 9.84 Å². The van der Waals surface area contributed by atoms with E-state index in [2.05, 4.69) is 49.2 Å². The molecule has 38 heavy (non-hydrogen) atoms. The van der Waals surface area contributed by atoms with Gasteiger partial charge in [-0.25, -0.2) is 8.42 Å². The molecule has 0 saturated carbocycles. The van der Waals surface area contributed by atoms with Gasteiger partial charge in [-0.15, -0.1) is 0 Å². The average Bonchev–Trinajstić information content (AvgIpc) is 3.46. The van der Waals surface area contributed by atoms with Gasteiger partial charge in [0, 0.05) is 42.1 Å². The highest BCUT2D eigenvalue weighted by atomic mass is 32.2. The first-order valence-corrected chi connectivity index (χ1v) is 14.9. The maximum absolute atomic E-state index is 13.6. The number of benzene rings is 3. The van der Waals surface area contributed by atoms with Gasteiger partial charge in [0.15, 0.2) is 9.84 Å². The van der Waals surface area contributed by atoms with Gasteiger partial charge in [0.1, 0.15) is 0 Å². The number of nitrogens with zero attached hydrogens (tertiary/aromatic N) is 2. The van der Waals surface area contributed by atoms with E-state index in [1.807, 2.05) is 35.4 Å². The topological polar surface area (TPSA) is 67.3 Å². The van der Waals surface area contributed by atoms with Crippen LogP contribution in [-0.2, 0) is 14.6 Å². The number of carbonyl (C=O) groups is 1. The van der Waals surface area contributed by atoms with Gasteiger partial charge in [0.2, 0.25) is 0 Å². The van der Waals surface area contributed by atoms with Crippen molar-refractivity contribution in [3.63, 3.8) is 0 Å². The minimum Gasteiger partial charge on any atom is -0.339 e. The molecule has 0 atom stereocenters. The lowest BCUT2D eigenvalue weighted by atomic mass is 9.93. The van der Waals surface area contributed by atoms with Crippen molar-refractivity contribution in [2.24, 2.45) is 0 Å². The van der Waals surface area contributed by atoms with Gasteiger partial charge < -0.3 is 4.90 Å². The zero-order chi connectivity index (χ0) is 26.9. The van der Waals surface area contributed by atoms with Crippen molar-refractivity contribution in [2.45, 2.75) is 37.5 Å². The molecule has 0 N–H and O–H groups in total. The predicted octanol–water partition coefficient (Wildman–Crippen LogP) is 6.59. The molecule has 194 valence electrons. The van der Waals surface area contributed by atoms with E-state index in [0.29, 0.717) is 17.1 Å². The molecule has 0 unspecified atom stereocenters. The summed E-state index contributed by atoms with van der Waals surface area (Å²) in [5.74, 6) is 0.343. The molecule has 1 saturated heterocycles. The molecule has 0 aliphatic carbocycles. The van der Waals surface area contributed by atoms with Gasteiger partial charge in [-0.2, -0.15) is 0 Å². The maximum atomic E-state index is 13.6. The van der Waals surface area contributed by atoms with Crippen LogP contribution in [0.3, 0.4) is 0 Å². The van der Waals surface area contributed by atoms with E-state index in [4.69, 9.17) is 0 Å². The van der Waals surface area contributed by atoms with E-state index in [1.54, 1.807) is 24.3 Å². The van der Waals surface area contributed by atoms with Crippen molar-refractivity contribution in [3.8, 4) is 11.1 Å². The first-order chi connectivity index (χ1) is 18.2. The molecular formula is C32H32N2O3S. The second-order valence-corrected chi connectivity index (χ2v) is 12.3. The summed E-state index contributed by atoms with van der Waals surface area (Å²) < 4.78 is 24.0. The number of hydrogen-bond acceptors (Lipinski definition) is 4. The first-order valence-electron chi connectivity index (χ1n) is 13.0. The fourth-order valence-electron chi connectivity index (χ4n) is 4.97. The Morgan fingerprint density at radius 1 is 0.947 bits per heavy atom. The smallest absolute Gasteiger partial charge is 0.254 e. The molecule has 0 radical (unpaired) electrons. The van der Waals surface area contributed by atoms with Gasteiger partial charge >= 0.3 is 0 Å². The Bertz CT molecular complexity index is 1630. The third kappa shape index (κ3) is 5.41. The Morgan fingerprint density at radius 2 is 1.68 bits per heavy atom. The van der Waals surface area contributed by atoms with Gasteiger partial charge in [-0.1, -0.05) is 50.2 Å². The lowest BCUT2D eigenvalue weighted by Crippen LogP contribution is -2.28. The van der Waals surface area contributed by atoms with Crippen LogP contribution in [0.15, 0.2) is 83.9 Å². The highest BCUT2D eigenvalue weighted by Gasteiger charge is 2.23. The zero-order valence-electron chi connectivity index (χ0n) is 22.0. The van der Waals surface area contributed by atoms with Crippen LogP contribution in [0.1, 0.15) is 49.3 Å². The van der Waals surface area contributed by atoms with E-state index >= 15 is 0 Å². The predicted molar refractivity (Wildman–Crippen MR) is 155 cm³/mol. The van der Waals surface area contributed by atoms with Crippen LogP contribution >= 0.6 is 0 Å². The Balaban J connectivity index is 1.62. The van der Waals surface area contributed by atoms with Crippen molar-refractivity contribution in [3.05, 3.63) is 95.7 Å². The molecule has 6 heteroatoms. The third-order valence-corrected chi connectivity index (χ3v) is 8.25. The fraction of sp³-hybridized carbons (Fsp3) is 0.250. The molecule has 0 spiro atoms. The second kappa shape index (κ2) is 10.5. The Hall–Kier alpha value is -3.77. The van der Waals surface area contributed by atoms with Crippen LogP contribution in [-0.4, -0.2) is 43.6 Å². The first kappa shape index (κ1) is 25.9. The summed E-state index contributed by atoms with van der Waals surface area (Å²) >= 11 is 0. The number of likely N-dealkylation sites (tertiary alicyclic amines) is 1. The Labute approximate surface area is 224 Å². The van der Waals surface area contributed by atoms with Crippen LogP contribution in [0.5, 0.6) is 0 Å². The zero-order valence-corrected chi connectivity index (χ0v) is 22.8. The monoisotopic (exact) mass is 524 g/mol. The van der Waals surface area contributed by atoms with Gasteiger partial charge in [0.05, 0.1) is 10.4 Å². The molecule has 4 aromatic rings. The summed E-state index contributed by atoms with van der Waals surface area (Å²) in [6.45, 7) is 5.84. The van der Waals surface area contributed by atoms with E-state index in [1.165, 1.54) is 11.8 Å². The van der Waals surface area contributed by atoms with Crippen LogP contribution in [0.25, 0.3) is 33.7 Å². The summed E-state index contributed by atoms with van der Waals surface area (Å²) in [4.78, 5) is 20.4.